The highest BCUT2D eigenvalue weighted by Gasteiger charge is 2.17. The number of amides is 2. The van der Waals surface area contributed by atoms with Crippen molar-refractivity contribution in [3.05, 3.63) is 89.2 Å². The molecule has 0 atom stereocenters. The average Bonchev–Trinajstić information content (AvgIpc) is 2.75. The number of nitrogens with zero attached hydrogens (tertiary/aromatic N) is 1. The Labute approximate surface area is 174 Å². The standard InChI is InChI=1S/C21H20N4O4S/c1-14-6-5-8-18(15(14)2)25-30(28,29)17-11-9-16(10-12-17)20(26)23-24-21(27)19-7-3-4-13-22-19/h3-13,25H,1-2H3,(H,23,26)(H,24,27). The van der Waals surface area contributed by atoms with Crippen molar-refractivity contribution in [1.82, 2.24) is 15.8 Å². The van der Waals surface area contributed by atoms with Gasteiger partial charge in [-0.25, -0.2) is 8.42 Å². The van der Waals surface area contributed by atoms with E-state index in [4.69, 9.17) is 0 Å². The number of hydrazine groups is 1. The number of carbonyl (C=O) groups excluding carboxylic acids is 2. The first kappa shape index (κ1) is 21.0. The third-order valence-electron chi connectivity index (χ3n) is 4.46. The zero-order valence-electron chi connectivity index (χ0n) is 16.3. The normalized spacial score (nSPS) is 10.9. The Morgan fingerprint density at radius 2 is 1.53 bits per heavy atom. The number of aryl methyl sites for hydroxylation is 1. The second kappa shape index (κ2) is 8.75. The van der Waals surface area contributed by atoms with Gasteiger partial charge in [0.1, 0.15) is 5.69 Å². The maximum absolute atomic E-state index is 12.6. The summed E-state index contributed by atoms with van der Waals surface area (Å²) in [6.45, 7) is 3.73. The number of hydrogen-bond acceptors (Lipinski definition) is 5. The molecule has 0 saturated heterocycles. The van der Waals surface area contributed by atoms with Crippen LogP contribution in [0.15, 0.2) is 71.8 Å². The van der Waals surface area contributed by atoms with E-state index >= 15 is 0 Å². The quantitative estimate of drug-likeness (QED) is 0.544. The summed E-state index contributed by atoms with van der Waals surface area (Å²) in [5.41, 5.74) is 7.15. The Hall–Kier alpha value is -3.72. The van der Waals surface area contributed by atoms with Gasteiger partial charge in [0.15, 0.2) is 0 Å². The summed E-state index contributed by atoms with van der Waals surface area (Å²) in [6, 6.07) is 15.5. The van der Waals surface area contributed by atoms with Gasteiger partial charge >= 0.3 is 0 Å². The number of carbonyl (C=O) groups is 2. The minimum atomic E-state index is -3.82. The van der Waals surface area contributed by atoms with E-state index in [2.05, 4.69) is 20.6 Å². The van der Waals surface area contributed by atoms with Crippen LogP contribution in [0.5, 0.6) is 0 Å². The highest BCUT2D eigenvalue weighted by molar-refractivity contribution is 7.92. The lowest BCUT2D eigenvalue weighted by Crippen LogP contribution is -2.41. The van der Waals surface area contributed by atoms with E-state index in [1.165, 1.54) is 36.5 Å². The zero-order chi connectivity index (χ0) is 21.7. The molecule has 8 nitrogen and oxygen atoms in total. The predicted octanol–water partition coefficient (Wildman–Crippen LogP) is 2.57. The lowest BCUT2D eigenvalue weighted by Gasteiger charge is -2.12. The molecule has 2 amide bonds. The Bertz CT molecular complexity index is 1180. The molecule has 9 heteroatoms. The van der Waals surface area contributed by atoms with Gasteiger partial charge < -0.3 is 0 Å². The van der Waals surface area contributed by atoms with E-state index in [9.17, 15) is 18.0 Å². The second-order valence-corrected chi connectivity index (χ2v) is 8.18. The Balaban J connectivity index is 1.67. The largest absolute Gasteiger partial charge is 0.288 e. The lowest BCUT2D eigenvalue weighted by molar-refractivity contribution is 0.0844. The van der Waals surface area contributed by atoms with E-state index in [-0.39, 0.29) is 16.2 Å². The maximum Gasteiger partial charge on any atom is 0.288 e. The summed E-state index contributed by atoms with van der Waals surface area (Å²) in [4.78, 5) is 28.0. The number of aromatic nitrogens is 1. The van der Waals surface area contributed by atoms with Crippen LogP contribution < -0.4 is 15.6 Å². The van der Waals surface area contributed by atoms with Crippen molar-refractivity contribution in [1.29, 1.82) is 0 Å². The number of pyridine rings is 1. The zero-order valence-corrected chi connectivity index (χ0v) is 17.2. The lowest BCUT2D eigenvalue weighted by atomic mass is 10.1. The van der Waals surface area contributed by atoms with Crippen molar-refractivity contribution in [3.8, 4) is 0 Å². The highest BCUT2D eigenvalue weighted by Crippen LogP contribution is 2.22. The van der Waals surface area contributed by atoms with Crippen molar-refractivity contribution in [3.63, 3.8) is 0 Å². The monoisotopic (exact) mass is 424 g/mol. The smallest absolute Gasteiger partial charge is 0.279 e. The molecule has 0 unspecified atom stereocenters. The first-order valence-corrected chi connectivity index (χ1v) is 10.5. The SMILES string of the molecule is Cc1cccc(NS(=O)(=O)c2ccc(C(=O)NNC(=O)c3ccccn3)cc2)c1C. The van der Waals surface area contributed by atoms with Crippen LogP contribution in [0.25, 0.3) is 0 Å². The van der Waals surface area contributed by atoms with Crippen molar-refractivity contribution in [2.75, 3.05) is 4.72 Å². The van der Waals surface area contributed by atoms with Gasteiger partial charge in [-0.2, -0.15) is 0 Å². The number of anilines is 1. The van der Waals surface area contributed by atoms with Gasteiger partial charge in [0.2, 0.25) is 0 Å². The summed E-state index contributed by atoms with van der Waals surface area (Å²) in [5, 5.41) is 0. The van der Waals surface area contributed by atoms with Crippen LogP contribution in [0, 0.1) is 13.8 Å². The molecule has 0 saturated carbocycles. The number of benzene rings is 2. The van der Waals surface area contributed by atoms with Gasteiger partial charge in [0.05, 0.1) is 10.6 Å². The highest BCUT2D eigenvalue weighted by atomic mass is 32.2. The fraction of sp³-hybridized carbons (Fsp3) is 0.0952. The molecule has 0 aliphatic heterocycles. The molecule has 1 aromatic heterocycles. The molecule has 0 aliphatic rings. The van der Waals surface area contributed by atoms with E-state index in [0.29, 0.717) is 5.69 Å². The molecule has 1 heterocycles. The van der Waals surface area contributed by atoms with Crippen LogP contribution in [-0.4, -0.2) is 25.2 Å². The second-order valence-electron chi connectivity index (χ2n) is 6.50. The maximum atomic E-state index is 12.6. The van der Waals surface area contributed by atoms with Gasteiger partial charge in [-0.15, -0.1) is 0 Å². The van der Waals surface area contributed by atoms with Gasteiger partial charge in [0.25, 0.3) is 21.8 Å². The van der Waals surface area contributed by atoms with Crippen LogP contribution in [0.1, 0.15) is 32.0 Å². The van der Waals surface area contributed by atoms with Crippen molar-refractivity contribution in [2.24, 2.45) is 0 Å². The van der Waals surface area contributed by atoms with E-state index < -0.39 is 21.8 Å². The third-order valence-corrected chi connectivity index (χ3v) is 5.84. The average molecular weight is 424 g/mol. The Kier molecular flexibility index (Phi) is 6.12. The minimum Gasteiger partial charge on any atom is -0.279 e. The fourth-order valence-corrected chi connectivity index (χ4v) is 3.72. The molecular weight excluding hydrogens is 404 g/mol. The first-order valence-electron chi connectivity index (χ1n) is 8.99. The predicted molar refractivity (Wildman–Crippen MR) is 112 cm³/mol. The van der Waals surface area contributed by atoms with Crippen LogP contribution >= 0.6 is 0 Å². The molecule has 2 aromatic carbocycles. The molecule has 3 N–H and O–H groups in total. The van der Waals surface area contributed by atoms with Crippen LogP contribution in [0.4, 0.5) is 5.69 Å². The fourth-order valence-electron chi connectivity index (χ4n) is 2.60. The molecule has 0 spiro atoms. The van der Waals surface area contributed by atoms with Crippen molar-refractivity contribution >= 4 is 27.5 Å². The van der Waals surface area contributed by atoms with Crippen molar-refractivity contribution in [2.45, 2.75) is 18.7 Å². The number of hydrogen-bond donors (Lipinski definition) is 3. The molecule has 30 heavy (non-hydrogen) atoms. The third kappa shape index (κ3) is 4.81. The number of rotatable bonds is 5. The molecule has 0 radical (unpaired) electrons. The molecule has 154 valence electrons. The summed E-state index contributed by atoms with van der Waals surface area (Å²) >= 11 is 0. The van der Waals surface area contributed by atoms with Gasteiger partial charge in [-0.05, 0) is 67.4 Å². The van der Waals surface area contributed by atoms with Gasteiger partial charge in [0, 0.05) is 11.8 Å². The van der Waals surface area contributed by atoms with E-state index in [0.717, 1.165) is 11.1 Å². The van der Waals surface area contributed by atoms with Crippen LogP contribution in [0.3, 0.4) is 0 Å². The Morgan fingerprint density at radius 3 is 2.20 bits per heavy atom. The van der Waals surface area contributed by atoms with Crippen LogP contribution in [0.2, 0.25) is 0 Å². The minimum absolute atomic E-state index is 0.0116. The Morgan fingerprint density at radius 1 is 0.833 bits per heavy atom. The number of nitrogens with one attached hydrogen (secondary N) is 3. The first-order chi connectivity index (χ1) is 14.3. The van der Waals surface area contributed by atoms with E-state index in [1.807, 2.05) is 19.9 Å². The van der Waals surface area contributed by atoms with Gasteiger partial charge in [-0.3, -0.25) is 30.1 Å². The van der Waals surface area contributed by atoms with Gasteiger partial charge in [-0.1, -0.05) is 18.2 Å². The van der Waals surface area contributed by atoms with E-state index in [1.54, 1.807) is 24.3 Å². The molecule has 0 fully saturated rings. The summed E-state index contributed by atoms with van der Waals surface area (Å²) < 4.78 is 27.8. The van der Waals surface area contributed by atoms with Crippen molar-refractivity contribution < 1.29 is 18.0 Å². The van der Waals surface area contributed by atoms with Crippen LogP contribution in [-0.2, 0) is 10.0 Å². The molecular formula is C21H20N4O4S. The molecule has 0 bridgehead atoms. The molecule has 3 aromatic rings. The summed E-state index contributed by atoms with van der Waals surface area (Å²) in [5.74, 6) is -1.16. The topological polar surface area (TPSA) is 117 Å². The molecule has 3 rings (SSSR count). The summed E-state index contributed by atoms with van der Waals surface area (Å²) in [6.07, 6.45) is 1.46. The molecule has 0 aliphatic carbocycles. The summed E-state index contributed by atoms with van der Waals surface area (Å²) in [7, 11) is -3.82. The number of sulfonamides is 1.